The molecule has 3 aliphatic rings. The summed E-state index contributed by atoms with van der Waals surface area (Å²) in [5.74, 6) is -3.45. The number of nitrogens with one attached hydrogen (secondary N) is 4. The second-order valence-corrected chi connectivity index (χ2v) is 19.8. The molecule has 0 radical (unpaired) electrons. The average molecular weight is 1000 g/mol. The summed E-state index contributed by atoms with van der Waals surface area (Å²) in [6.07, 6.45) is 6.78. The number of aromatic nitrogens is 1. The van der Waals surface area contributed by atoms with E-state index in [1.54, 1.807) is 42.7 Å². The summed E-state index contributed by atoms with van der Waals surface area (Å²) in [4.78, 5) is 110. The van der Waals surface area contributed by atoms with Crippen molar-refractivity contribution in [3.05, 3.63) is 63.7 Å². The fourth-order valence-electron chi connectivity index (χ4n) is 9.50. The molecule has 392 valence electrons. The number of ether oxygens (including phenoxy) is 2. The Morgan fingerprint density at radius 1 is 0.917 bits per heavy atom. The summed E-state index contributed by atoms with van der Waals surface area (Å²) in [7, 11) is 2.00. The number of nitrogens with zero attached hydrogens (tertiary/aromatic N) is 4. The lowest BCUT2D eigenvalue weighted by Gasteiger charge is -2.37. The molecule has 0 aliphatic carbocycles. The minimum Gasteiger partial charge on any atom is -0.487 e. The van der Waals surface area contributed by atoms with E-state index in [9.17, 15) is 38.4 Å². The number of benzene rings is 2. The van der Waals surface area contributed by atoms with Gasteiger partial charge in [-0.3, -0.25) is 33.7 Å². The number of carbonyl (C=O) groups is 7. The van der Waals surface area contributed by atoms with Crippen molar-refractivity contribution in [2.75, 3.05) is 63.1 Å². The Balaban J connectivity index is 1.03. The average Bonchev–Trinajstić information content (AvgIpc) is 3.63. The lowest BCUT2D eigenvalue weighted by molar-refractivity contribution is -0.140. The predicted molar refractivity (Wildman–Crippen MR) is 270 cm³/mol. The van der Waals surface area contributed by atoms with Gasteiger partial charge in [-0.2, -0.15) is 0 Å². The molecule has 3 aliphatic heterocycles. The van der Waals surface area contributed by atoms with Crippen LogP contribution in [0, 0.1) is 23.6 Å². The van der Waals surface area contributed by atoms with Gasteiger partial charge in [-0.25, -0.2) is 14.0 Å². The highest BCUT2D eigenvalue weighted by atomic mass is 19.1. The second kappa shape index (κ2) is 25.2. The van der Waals surface area contributed by atoms with Crippen molar-refractivity contribution < 1.29 is 47.4 Å². The topological polar surface area (TPSA) is 244 Å². The molecular weight excluding hydrogens is 930 g/mol. The van der Waals surface area contributed by atoms with Crippen LogP contribution in [-0.2, 0) is 35.3 Å². The van der Waals surface area contributed by atoms with Gasteiger partial charge in [0, 0.05) is 69.9 Å². The first-order valence-corrected chi connectivity index (χ1v) is 25.4. The van der Waals surface area contributed by atoms with Crippen LogP contribution in [-0.4, -0.2) is 121 Å². The third-order valence-corrected chi connectivity index (χ3v) is 13.9. The van der Waals surface area contributed by atoms with Crippen LogP contribution in [0.2, 0.25) is 0 Å². The van der Waals surface area contributed by atoms with Crippen molar-refractivity contribution in [2.24, 2.45) is 23.5 Å². The number of urea groups is 1. The van der Waals surface area contributed by atoms with Gasteiger partial charge in [0.15, 0.2) is 11.6 Å². The van der Waals surface area contributed by atoms with E-state index in [4.69, 9.17) is 15.2 Å². The maximum Gasteiger partial charge on any atom is 0.343 e. The first kappa shape index (κ1) is 54.8. The molecule has 19 nitrogen and oxygen atoms in total. The number of nitrogens with two attached hydrogens (primary N) is 1. The number of halogens is 1. The van der Waals surface area contributed by atoms with E-state index in [0.29, 0.717) is 61.4 Å². The minimum atomic E-state index is -1.08. The second-order valence-electron chi connectivity index (χ2n) is 19.8. The number of hydrogen-bond donors (Lipinski definition) is 5. The number of likely N-dealkylation sites (tertiary alicyclic amines) is 1. The number of hydrogen-bond acceptors (Lipinski definition) is 12. The number of imide groups is 1. The minimum absolute atomic E-state index is 0.0152. The highest BCUT2D eigenvalue weighted by Crippen LogP contribution is 2.42. The Morgan fingerprint density at radius 3 is 2.32 bits per heavy atom. The van der Waals surface area contributed by atoms with Crippen molar-refractivity contribution in [3.8, 4) is 5.75 Å². The molecule has 4 heterocycles. The van der Waals surface area contributed by atoms with Crippen LogP contribution in [0.1, 0.15) is 121 Å². The first-order chi connectivity index (χ1) is 34.4. The van der Waals surface area contributed by atoms with Crippen LogP contribution in [0.25, 0.3) is 10.9 Å². The SMILES string of the molecule is CCCCC(C)C1CC(=O)N(CCCCCC(=O)NC(C(=O)N[C@@H](CCCNC(N)=O)C(=O)Nc2ccc(COC(=O)c3cn4c5c(c(N6CCN(C)CC6)c(F)cc5c3=O)OCC4C)cc2)C(C)C)C1=O. The largest absolute Gasteiger partial charge is 0.487 e. The molecule has 2 aromatic carbocycles. The zero-order chi connectivity index (χ0) is 52.2. The number of rotatable bonds is 24. The molecule has 6 rings (SSSR count). The van der Waals surface area contributed by atoms with Crippen molar-refractivity contribution in [3.63, 3.8) is 0 Å². The molecule has 0 bridgehead atoms. The van der Waals surface area contributed by atoms with Crippen molar-refractivity contribution in [1.29, 1.82) is 0 Å². The lowest BCUT2D eigenvalue weighted by Crippen LogP contribution is -2.54. The van der Waals surface area contributed by atoms with E-state index in [1.807, 2.05) is 25.8 Å². The molecule has 3 aromatic rings. The fraction of sp³-hybridized carbons (Fsp3) is 0.577. The van der Waals surface area contributed by atoms with Crippen molar-refractivity contribution >= 4 is 63.8 Å². The zero-order valence-corrected chi connectivity index (χ0v) is 42.5. The highest BCUT2D eigenvalue weighted by molar-refractivity contribution is 6.04. The summed E-state index contributed by atoms with van der Waals surface area (Å²) in [6.45, 7) is 12.6. The maximum atomic E-state index is 15.8. The molecule has 4 unspecified atom stereocenters. The Bertz CT molecular complexity index is 2530. The van der Waals surface area contributed by atoms with Gasteiger partial charge in [-0.15, -0.1) is 0 Å². The molecule has 6 N–H and O–H groups in total. The van der Waals surface area contributed by atoms with Gasteiger partial charge in [0.2, 0.25) is 35.0 Å². The standard InChI is InChI=1S/C52H72FN9O10/c1-7-8-13-32(4)36-27-42(64)61(50(36)68)21-11-9-10-15-41(63)58-43(31(2)3)49(67)57-40(14-12-20-55-52(54)70)48(66)56-35-18-16-34(17-19-35)30-72-51(69)38-28-62-33(5)29-71-47-44(62)37(46(38)65)26-39(53)45(47)60-24-22-59(6)23-25-60/h16-19,26,28,31-33,36,40,43H,7-15,20-25,27,29-30H2,1-6H3,(H,56,66)(H,57,67)(H,58,63)(H3,54,55,70)/t32?,33?,36?,40-,43?/m0/s1. The normalized spacial score (nSPS) is 18.1. The lowest BCUT2D eigenvalue weighted by atomic mass is 9.88. The van der Waals surface area contributed by atoms with Gasteiger partial charge >= 0.3 is 12.0 Å². The summed E-state index contributed by atoms with van der Waals surface area (Å²) in [5, 5.41) is 10.8. The van der Waals surface area contributed by atoms with Gasteiger partial charge in [-0.1, -0.05) is 59.1 Å². The Labute approximate surface area is 420 Å². The Morgan fingerprint density at radius 2 is 1.64 bits per heavy atom. The van der Waals surface area contributed by atoms with E-state index in [0.717, 1.165) is 32.4 Å². The van der Waals surface area contributed by atoms with Crippen LogP contribution in [0.15, 0.2) is 41.3 Å². The number of unbranched alkanes of at least 4 members (excludes halogenated alkanes) is 3. The number of amides is 7. The molecule has 20 heteroatoms. The first-order valence-electron chi connectivity index (χ1n) is 25.4. The van der Waals surface area contributed by atoms with Crippen LogP contribution < -0.4 is 42.1 Å². The summed E-state index contributed by atoms with van der Waals surface area (Å²) in [6, 6.07) is 4.50. The molecular formula is C52H72FN9O10. The Hall–Kier alpha value is -6.57. The van der Waals surface area contributed by atoms with Gasteiger partial charge in [-0.05, 0) is 81.7 Å². The van der Waals surface area contributed by atoms with Crippen LogP contribution in [0.3, 0.4) is 0 Å². The number of piperazine rings is 1. The molecule has 7 amide bonds. The van der Waals surface area contributed by atoms with Gasteiger partial charge in [0.05, 0.1) is 16.9 Å². The predicted octanol–water partition coefficient (Wildman–Crippen LogP) is 4.98. The summed E-state index contributed by atoms with van der Waals surface area (Å²) in [5.41, 5.74) is 5.91. The maximum absolute atomic E-state index is 15.8. The van der Waals surface area contributed by atoms with Crippen LogP contribution in [0.4, 0.5) is 20.6 Å². The molecule has 5 atom stereocenters. The van der Waals surface area contributed by atoms with Crippen LogP contribution in [0.5, 0.6) is 5.75 Å². The summed E-state index contributed by atoms with van der Waals surface area (Å²) < 4.78 is 29.3. The molecule has 2 saturated heterocycles. The van der Waals surface area contributed by atoms with E-state index >= 15 is 4.39 Å². The number of pyridine rings is 1. The zero-order valence-electron chi connectivity index (χ0n) is 42.5. The van der Waals surface area contributed by atoms with E-state index < -0.39 is 47.1 Å². The van der Waals surface area contributed by atoms with E-state index in [1.165, 1.54) is 17.2 Å². The van der Waals surface area contributed by atoms with Crippen molar-refractivity contribution in [2.45, 2.75) is 124 Å². The highest BCUT2D eigenvalue weighted by Gasteiger charge is 2.41. The fourth-order valence-corrected chi connectivity index (χ4v) is 9.50. The smallest absolute Gasteiger partial charge is 0.343 e. The molecule has 1 aromatic heterocycles. The number of anilines is 2. The summed E-state index contributed by atoms with van der Waals surface area (Å²) >= 11 is 0. The molecule has 0 saturated carbocycles. The molecule has 72 heavy (non-hydrogen) atoms. The van der Waals surface area contributed by atoms with E-state index in [-0.39, 0.29) is 104 Å². The number of carbonyl (C=O) groups excluding carboxylic acids is 7. The quantitative estimate of drug-likeness (QED) is 0.0454. The van der Waals surface area contributed by atoms with E-state index in [2.05, 4.69) is 33.1 Å². The number of esters is 1. The monoisotopic (exact) mass is 1000 g/mol. The van der Waals surface area contributed by atoms with Crippen molar-refractivity contribution in [1.82, 2.24) is 30.3 Å². The third kappa shape index (κ3) is 13.7. The number of likely N-dealkylation sites (N-methyl/N-ethyl adjacent to an activating group) is 1. The van der Waals surface area contributed by atoms with Gasteiger partial charge in [0.25, 0.3) is 0 Å². The van der Waals surface area contributed by atoms with Gasteiger partial charge < -0.3 is 50.8 Å². The van der Waals surface area contributed by atoms with Crippen LogP contribution >= 0.6 is 0 Å². The van der Waals surface area contributed by atoms with Gasteiger partial charge in [0.1, 0.15) is 36.5 Å². The number of primary amides is 1. The molecule has 2 fully saturated rings. The Kier molecular flexibility index (Phi) is 19.2. The molecule has 0 spiro atoms. The third-order valence-electron chi connectivity index (χ3n) is 13.9.